The summed E-state index contributed by atoms with van der Waals surface area (Å²) < 4.78 is 28.7. The largest absolute Gasteiger partial charge is 0.494 e. The summed E-state index contributed by atoms with van der Waals surface area (Å²) in [5.41, 5.74) is 9.18. The first-order valence-corrected chi connectivity index (χ1v) is 13.1. The lowest BCUT2D eigenvalue weighted by atomic mass is 9.97. The second kappa shape index (κ2) is 10.4. The highest BCUT2D eigenvalue weighted by atomic mass is 32.2. The van der Waals surface area contributed by atoms with Crippen LogP contribution in [0.4, 0.5) is 5.82 Å². The predicted molar refractivity (Wildman–Crippen MR) is 129 cm³/mol. The van der Waals surface area contributed by atoms with Gasteiger partial charge in [0.1, 0.15) is 34.3 Å². The maximum absolute atomic E-state index is 11.6. The van der Waals surface area contributed by atoms with Crippen molar-refractivity contribution in [1.82, 2.24) is 4.98 Å². The standard InChI is InChI=1S/C24H22N4O3S2/c1-3-31-19-9-7-18(8-10-19)22-20(12-25)23(27)28-24(21(22)13-26)32-14-16-5-4-6-17(11-16)15-33(2,29)30/h4-11H,3,14-15H2,1-2H3,(H2,27,28). The van der Waals surface area contributed by atoms with Gasteiger partial charge in [0.2, 0.25) is 0 Å². The molecule has 0 radical (unpaired) electrons. The van der Waals surface area contributed by atoms with Gasteiger partial charge in [-0.25, -0.2) is 13.4 Å². The highest BCUT2D eigenvalue weighted by molar-refractivity contribution is 7.98. The number of aromatic nitrogens is 1. The smallest absolute Gasteiger partial charge is 0.151 e. The van der Waals surface area contributed by atoms with Gasteiger partial charge in [-0.15, -0.1) is 11.8 Å². The van der Waals surface area contributed by atoms with Crippen LogP contribution >= 0.6 is 11.8 Å². The second-order valence-electron chi connectivity index (χ2n) is 7.29. The normalized spacial score (nSPS) is 10.9. The first kappa shape index (κ1) is 24.1. The van der Waals surface area contributed by atoms with Crippen LogP contribution in [0.1, 0.15) is 29.2 Å². The van der Waals surface area contributed by atoms with E-state index in [9.17, 15) is 18.9 Å². The number of rotatable bonds is 8. The molecule has 1 aromatic heterocycles. The van der Waals surface area contributed by atoms with E-state index in [1.807, 2.05) is 19.1 Å². The van der Waals surface area contributed by atoms with Gasteiger partial charge in [0.25, 0.3) is 0 Å². The first-order chi connectivity index (χ1) is 15.8. The third-order valence-corrected chi connectivity index (χ3v) is 6.57. The molecule has 0 aliphatic rings. The molecule has 0 aliphatic carbocycles. The van der Waals surface area contributed by atoms with E-state index in [-0.39, 0.29) is 22.7 Å². The van der Waals surface area contributed by atoms with Gasteiger partial charge in [-0.3, -0.25) is 0 Å². The fraction of sp³-hybridized carbons (Fsp3) is 0.208. The van der Waals surface area contributed by atoms with Gasteiger partial charge in [-0.05, 0) is 35.7 Å². The van der Waals surface area contributed by atoms with Crippen molar-refractivity contribution in [3.05, 3.63) is 70.8 Å². The molecule has 7 nitrogen and oxygen atoms in total. The van der Waals surface area contributed by atoms with Crippen LogP contribution in [0.3, 0.4) is 0 Å². The van der Waals surface area contributed by atoms with Crippen LogP contribution in [0.15, 0.2) is 53.6 Å². The van der Waals surface area contributed by atoms with E-state index in [0.717, 1.165) is 5.56 Å². The Morgan fingerprint density at radius 2 is 1.73 bits per heavy atom. The molecule has 2 N–H and O–H groups in total. The van der Waals surface area contributed by atoms with Gasteiger partial charge >= 0.3 is 0 Å². The average Bonchev–Trinajstić information content (AvgIpc) is 2.77. The Labute approximate surface area is 197 Å². The first-order valence-electron chi connectivity index (χ1n) is 10.0. The molecule has 0 spiro atoms. The number of anilines is 1. The Morgan fingerprint density at radius 1 is 1.06 bits per heavy atom. The third kappa shape index (κ3) is 6.04. The molecule has 0 bridgehead atoms. The predicted octanol–water partition coefficient (Wildman–Crippen LogP) is 4.31. The van der Waals surface area contributed by atoms with Crippen LogP contribution in [-0.2, 0) is 21.3 Å². The number of sulfone groups is 1. The molecule has 0 saturated carbocycles. The summed E-state index contributed by atoms with van der Waals surface area (Å²) in [6.45, 7) is 2.42. The van der Waals surface area contributed by atoms with E-state index in [0.29, 0.717) is 39.8 Å². The zero-order chi connectivity index (χ0) is 24.0. The maximum atomic E-state index is 11.6. The van der Waals surface area contributed by atoms with Gasteiger partial charge in [-0.1, -0.05) is 36.4 Å². The molecule has 168 valence electrons. The van der Waals surface area contributed by atoms with Crippen LogP contribution in [0.5, 0.6) is 5.75 Å². The van der Waals surface area contributed by atoms with Crippen LogP contribution < -0.4 is 10.5 Å². The van der Waals surface area contributed by atoms with Gasteiger partial charge in [0.15, 0.2) is 9.84 Å². The number of nitrogens with zero attached hydrogens (tertiary/aromatic N) is 3. The molecule has 0 fully saturated rings. The summed E-state index contributed by atoms with van der Waals surface area (Å²) in [6.07, 6.45) is 1.19. The van der Waals surface area contributed by atoms with Crippen molar-refractivity contribution in [2.75, 3.05) is 18.6 Å². The van der Waals surface area contributed by atoms with Crippen LogP contribution in [0, 0.1) is 22.7 Å². The number of pyridine rings is 1. The summed E-state index contributed by atoms with van der Waals surface area (Å²) in [5.74, 6) is 1.14. The highest BCUT2D eigenvalue weighted by Gasteiger charge is 2.20. The van der Waals surface area contributed by atoms with Crippen molar-refractivity contribution in [2.45, 2.75) is 23.5 Å². The number of nitrogen functional groups attached to an aromatic ring is 1. The summed E-state index contributed by atoms with van der Waals surface area (Å²) in [5, 5.41) is 20.0. The molecule has 0 atom stereocenters. The van der Waals surface area contributed by atoms with Crippen molar-refractivity contribution in [3.63, 3.8) is 0 Å². The van der Waals surface area contributed by atoms with Crippen LogP contribution in [-0.4, -0.2) is 26.3 Å². The molecular formula is C24H22N4O3S2. The topological polar surface area (TPSA) is 130 Å². The van der Waals surface area contributed by atoms with Gasteiger partial charge in [0.05, 0.1) is 17.9 Å². The minimum absolute atomic E-state index is 0.0428. The number of hydrogen-bond donors (Lipinski definition) is 1. The number of nitriles is 2. The summed E-state index contributed by atoms with van der Waals surface area (Å²) in [4.78, 5) is 4.32. The van der Waals surface area contributed by atoms with Crippen molar-refractivity contribution < 1.29 is 13.2 Å². The van der Waals surface area contributed by atoms with Crippen molar-refractivity contribution in [3.8, 4) is 29.0 Å². The fourth-order valence-electron chi connectivity index (χ4n) is 3.34. The average molecular weight is 479 g/mol. The lowest BCUT2D eigenvalue weighted by Crippen LogP contribution is -2.04. The van der Waals surface area contributed by atoms with E-state index in [1.165, 1.54) is 18.0 Å². The maximum Gasteiger partial charge on any atom is 0.151 e. The molecule has 2 aromatic carbocycles. The van der Waals surface area contributed by atoms with E-state index in [1.54, 1.807) is 36.4 Å². The molecule has 3 aromatic rings. The molecule has 1 heterocycles. The number of ether oxygens (including phenoxy) is 1. The van der Waals surface area contributed by atoms with Crippen LogP contribution in [0.2, 0.25) is 0 Å². The summed E-state index contributed by atoms with van der Waals surface area (Å²) >= 11 is 1.31. The zero-order valence-electron chi connectivity index (χ0n) is 18.2. The molecule has 0 amide bonds. The molecule has 0 unspecified atom stereocenters. The summed E-state index contributed by atoms with van der Waals surface area (Å²) in [6, 6.07) is 18.6. The Bertz CT molecular complexity index is 1360. The fourth-order valence-corrected chi connectivity index (χ4v) is 5.06. The monoisotopic (exact) mass is 478 g/mol. The number of nitrogens with two attached hydrogens (primary N) is 1. The zero-order valence-corrected chi connectivity index (χ0v) is 19.8. The molecule has 0 saturated heterocycles. The summed E-state index contributed by atoms with van der Waals surface area (Å²) in [7, 11) is -3.15. The van der Waals surface area contributed by atoms with E-state index in [2.05, 4.69) is 17.1 Å². The number of benzene rings is 2. The van der Waals surface area contributed by atoms with Gasteiger partial charge < -0.3 is 10.5 Å². The van der Waals surface area contributed by atoms with E-state index < -0.39 is 9.84 Å². The minimum Gasteiger partial charge on any atom is -0.494 e. The van der Waals surface area contributed by atoms with Crippen molar-refractivity contribution in [2.24, 2.45) is 0 Å². The SMILES string of the molecule is CCOc1ccc(-c2c(C#N)c(N)nc(SCc3cccc(CS(C)(=O)=O)c3)c2C#N)cc1. The van der Waals surface area contributed by atoms with Crippen molar-refractivity contribution in [1.29, 1.82) is 10.5 Å². The molecule has 33 heavy (non-hydrogen) atoms. The quantitative estimate of drug-likeness (QED) is 0.474. The van der Waals surface area contributed by atoms with E-state index in [4.69, 9.17) is 10.5 Å². The molecule has 3 rings (SSSR count). The molecule has 9 heteroatoms. The van der Waals surface area contributed by atoms with Crippen LogP contribution in [0.25, 0.3) is 11.1 Å². The lowest BCUT2D eigenvalue weighted by Gasteiger charge is -2.14. The van der Waals surface area contributed by atoms with Gasteiger partial charge in [0, 0.05) is 17.6 Å². The Kier molecular flexibility index (Phi) is 7.59. The third-order valence-electron chi connectivity index (χ3n) is 4.67. The van der Waals surface area contributed by atoms with Gasteiger partial charge in [-0.2, -0.15) is 10.5 Å². The molecular weight excluding hydrogens is 456 g/mol. The number of hydrogen-bond acceptors (Lipinski definition) is 8. The Balaban J connectivity index is 1.98. The highest BCUT2D eigenvalue weighted by Crippen LogP contribution is 2.37. The second-order valence-corrected chi connectivity index (χ2v) is 10.4. The Morgan fingerprint density at radius 3 is 2.33 bits per heavy atom. The van der Waals surface area contributed by atoms with Crippen molar-refractivity contribution >= 4 is 27.4 Å². The Hall–Kier alpha value is -3.53. The lowest BCUT2D eigenvalue weighted by molar-refractivity contribution is 0.340. The molecule has 0 aliphatic heterocycles. The minimum atomic E-state index is -3.15. The number of thioether (sulfide) groups is 1. The van der Waals surface area contributed by atoms with E-state index >= 15 is 0 Å².